The van der Waals surface area contributed by atoms with Crippen LogP contribution in [0.15, 0.2) is 6.07 Å². The van der Waals surface area contributed by atoms with E-state index in [9.17, 15) is 4.39 Å². The molecule has 0 fully saturated rings. The summed E-state index contributed by atoms with van der Waals surface area (Å²) in [5.74, 6) is -1.32. The van der Waals surface area contributed by atoms with Crippen LogP contribution in [0.1, 0.15) is 0 Å². The maximum absolute atomic E-state index is 12.7. The van der Waals surface area contributed by atoms with Gasteiger partial charge in [-0.15, -0.1) is 0 Å². The Morgan fingerprint density at radius 3 is 2.27 bits per heavy atom. The van der Waals surface area contributed by atoms with E-state index in [1.54, 1.807) is 0 Å². The highest BCUT2D eigenvalue weighted by atomic mass is 35.5. The van der Waals surface area contributed by atoms with Crippen LogP contribution in [0.25, 0.3) is 0 Å². The molecule has 0 saturated heterocycles. The van der Waals surface area contributed by atoms with Gasteiger partial charge >= 0.3 is 0 Å². The molecule has 0 saturated carbocycles. The van der Waals surface area contributed by atoms with Crippen molar-refractivity contribution >= 4 is 34.8 Å². The fraction of sp³-hybridized carbons (Fsp3) is 0. The van der Waals surface area contributed by atoms with Gasteiger partial charge in [0.05, 0.1) is 10.0 Å². The summed E-state index contributed by atoms with van der Waals surface area (Å²) < 4.78 is 12.7. The van der Waals surface area contributed by atoms with Crippen LogP contribution in [0.2, 0.25) is 15.1 Å². The van der Waals surface area contributed by atoms with Crippen molar-refractivity contribution in [2.45, 2.75) is 0 Å². The van der Waals surface area contributed by atoms with Crippen molar-refractivity contribution in [3.05, 3.63) is 27.0 Å². The van der Waals surface area contributed by atoms with E-state index in [1.165, 1.54) is 0 Å². The van der Waals surface area contributed by atoms with Crippen LogP contribution in [-0.2, 0) is 0 Å². The van der Waals surface area contributed by atoms with Crippen LogP contribution in [0, 0.1) is 5.82 Å². The van der Waals surface area contributed by atoms with E-state index in [-0.39, 0.29) is 10.0 Å². The molecule has 0 aliphatic heterocycles. The van der Waals surface area contributed by atoms with E-state index < -0.39 is 16.6 Å². The highest BCUT2D eigenvalue weighted by molar-refractivity contribution is 6.43. The topological polar surface area (TPSA) is 20.2 Å². The summed E-state index contributed by atoms with van der Waals surface area (Å²) in [6.07, 6.45) is 0. The molecule has 0 unspecified atom stereocenters. The first-order valence-electron chi connectivity index (χ1n) is 2.56. The molecule has 60 valence electrons. The molecule has 0 spiro atoms. The molecule has 0 aliphatic carbocycles. The lowest BCUT2D eigenvalue weighted by molar-refractivity contribution is 0.469. The Hall–Kier alpha value is -0.180. The lowest BCUT2D eigenvalue weighted by Crippen LogP contribution is -1.81. The van der Waals surface area contributed by atoms with E-state index in [2.05, 4.69) is 0 Å². The molecule has 0 atom stereocenters. The number of aromatic hydroxyl groups is 1. The second kappa shape index (κ2) is 3.05. The zero-order chi connectivity index (χ0) is 8.59. The van der Waals surface area contributed by atoms with E-state index in [0.29, 0.717) is 0 Å². The van der Waals surface area contributed by atoms with Gasteiger partial charge < -0.3 is 5.11 Å². The van der Waals surface area contributed by atoms with Gasteiger partial charge in [-0.2, -0.15) is 0 Å². The van der Waals surface area contributed by atoms with Crippen LogP contribution >= 0.6 is 34.8 Å². The Kier molecular flexibility index (Phi) is 2.47. The van der Waals surface area contributed by atoms with Crippen molar-refractivity contribution in [3.8, 4) is 5.75 Å². The average Bonchev–Trinajstić information content (AvgIpc) is 1.97. The maximum atomic E-state index is 12.7. The molecule has 1 aromatic carbocycles. The summed E-state index contributed by atoms with van der Waals surface area (Å²) in [7, 11) is 0. The highest BCUT2D eigenvalue weighted by Gasteiger charge is 2.13. The van der Waals surface area contributed by atoms with Gasteiger partial charge in [0.15, 0.2) is 5.82 Å². The summed E-state index contributed by atoms with van der Waals surface area (Å²) in [6.45, 7) is 0. The summed E-state index contributed by atoms with van der Waals surface area (Å²) in [4.78, 5) is 0. The molecule has 5 heteroatoms. The maximum Gasteiger partial charge on any atom is 0.165 e. The summed E-state index contributed by atoms with van der Waals surface area (Å²) >= 11 is 16.0. The van der Waals surface area contributed by atoms with Crippen molar-refractivity contribution in [1.29, 1.82) is 0 Å². The lowest BCUT2D eigenvalue weighted by atomic mass is 10.3. The predicted octanol–water partition coefficient (Wildman–Crippen LogP) is 3.49. The molecular weight excluding hydrogens is 213 g/mol. The zero-order valence-corrected chi connectivity index (χ0v) is 7.30. The number of hydrogen-bond acceptors (Lipinski definition) is 1. The van der Waals surface area contributed by atoms with Gasteiger partial charge in [0.2, 0.25) is 0 Å². The van der Waals surface area contributed by atoms with Gasteiger partial charge in [-0.05, 0) is 0 Å². The average molecular weight is 215 g/mol. The molecule has 0 heterocycles. The Bertz CT molecular complexity index is 274. The number of phenolic OH excluding ortho intramolecular Hbond substituents is 1. The van der Waals surface area contributed by atoms with Crippen molar-refractivity contribution in [1.82, 2.24) is 0 Å². The molecule has 0 aromatic heterocycles. The minimum atomic E-state index is -0.904. The Balaban J connectivity index is 3.46. The van der Waals surface area contributed by atoms with E-state index >= 15 is 0 Å². The van der Waals surface area contributed by atoms with Gasteiger partial charge in [-0.3, -0.25) is 0 Å². The second-order valence-electron chi connectivity index (χ2n) is 1.82. The van der Waals surface area contributed by atoms with E-state index in [4.69, 9.17) is 39.9 Å². The Morgan fingerprint density at radius 2 is 1.73 bits per heavy atom. The minimum Gasteiger partial charge on any atom is -0.506 e. The van der Waals surface area contributed by atoms with Crippen LogP contribution in [-0.4, -0.2) is 5.11 Å². The molecule has 1 aromatic rings. The van der Waals surface area contributed by atoms with Gasteiger partial charge in [0, 0.05) is 6.07 Å². The summed E-state index contributed by atoms with van der Waals surface area (Å²) in [5, 5.41) is 8.13. The molecule has 0 aliphatic rings. The molecular formula is C6H2Cl3FO. The molecule has 1 nitrogen and oxygen atoms in total. The molecule has 0 radical (unpaired) electrons. The third-order valence-corrected chi connectivity index (χ3v) is 2.21. The number of halogens is 4. The lowest BCUT2D eigenvalue weighted by Gasteiger charge is -2.01. The second-order valence-corrected chi connectivity index (χ2v) is 2.98. The summed E-state index contributed by atoms with van der Waals surface area (Å²) in [6, 6.07) is 1.08. The smallest absolute Gasteiger partial charge is 0.165 e. The third-order valence-electron chi connectivity index (χ3n) is 1.08. The normalized spacial score (nSPS) is 10.2. The minimum absolute atomic E-state index is 0.0638. The van der Waals surface area contributed by atoms with Crippen LogP contribution in [0.4, 0.5) is 4.39 Å². The third kappa shape index (κ3) is 1.53. The van der Waals surface area contributed by atoms with Crippen molar-refractivity contribution in [2.75, 3.05) is 0 Å². The number of benzene rings is 1. The van der Waals surface area contributed by atoms with Crippen molar-refractivity contribution < 1.29 is 9.50 Å². The van der Waals surface area contributed by atoms with Gasteiger partial charge in [-0.1, -0.05) is 34.8 Å². The SMILES string of the molecule is Oc1cc(Cl)c(Cl)c(F)c1Cl. The quantitative estimate of drug-likeness (QED) is 0.519. The number of phenols is 1. The summed E-state index contributed by atoms with van der Waals surface area (Å²) in [5.41, 5.74) is 0. The van der Waals surface area contributed by atoms with Crippen LogP contribution in [0.5, 0.6) is 5.75 Å². The molecule has 0 amide bonds. The van der Waals surface area contributed by atoms with E-state index in [0.717, 1.165) is 6.07 Å². The first-order chi connectivity index (χ1) is 5.04. The monoisotopic (exact) mass is 214 g/mol. The van der Waals surface area contributed by atoms with Crippen molar-refractivity contribution in [2.24, 2.45) is 0 Å². The van der Waals surface area contributed by atoms with Gasteiger partial charge in [-0.25, -0.2) is 4.39 Å². The van der Waals surface area contributed by atoms with Crippen LogP contribution in [0.3, 0.4) is 0 Å². The van der Waals surface area contributed by atoms with E-state index in [1.807, 2.05) is 0 Å². The van der Waals surface area contributed by atoms with Gasteiger partial charge in [0.25, 0.3) is 0 Å². The number of hydrogen-bond donors (Lipinski definition) is 1. The molecule has 11 heavy (non-hydrogen) atoms. The van der Waals surface area contributed by atoms with Crippen LogP contribution < -0.4 is 0 Å². The molecule has 1 rings (SSSR count). The first-order valence-corrected chi connectivity index (χ1v) is 3.69. The molecule has 0 bridgehead atoms. The van der Waals surface area contributed by atoms with Gasteiger partial charge in [0.1, 0.15) is 10.8 Å². The Labute approximate surface area is 77.3 Å². The van der Waals surface area contributed by atoms with Crippen molar-refractivity contribution in [3.63, 3.8) is 0 Å². The molecule has 1 N–H and O–H groups in total. The fourth-order valence-electron chi connectivity index (χ4n) is 0.560. The zero-order valence-electron chi connectivity index (χ0n) is 5.04. The number of rotatable bonds is 0. The largest absolute Gasteiger partial charge is 0.506 e. The standard InChI is InChI=1S/C6H2Cl3FO/c7-2-1-3(11)5(9)6(10)4(2)8/h1,11H. The highest BCUT2D eigenvalue weighted by Crippen LogP contribution is 2.36. The Morgan fingerprint density at radius 1 is 1.18 bits per heavy atom. The predicted molar refractivity (Wildman–Crippen MR) is 43.1 cm³/mol. The first kappa shape index (κ1) is 8.91. The fourth-order valence-corrected chi connectivity index (χ4v) is 1.09.